The van der Waals surface area contributed by atoms with Gasteiger partial charge in [0.1, 0.15) is 0 Å². The van der Waals surface area contributed by atoms with Crippen molar-refractivity contribution < 1.29 is 4.74 Å². The summed E-state index contributed by atoms with van der Waals surface area (Å²) in [5.41, 5.74) is 3.13. The zero-order chi connectivity index (χ0) is 18.5. The van der Waals surface area contributed by atoms with E-state index in [4.69, 9.17) is 4.74 Å². The van der Waals surface area contributed by atoms with Crippen molar-refractivity contribution in [3.8, 4) is 0 Å². The average molecular weight is 366 g/mol. The van der Waals surface area contributed by atoms with E-state index < -0.39 is 0 Å². The Morgan fingerprint density at radius 3 is 2.58 bits per heavy atom. The van der Waals surface area contributed by atoms with Gasteiger partial charge >= 0.3 is 0 Å². The molecule has 2 N–H and O–H groups in total. The molecule has 4 nitrogen and oxygen atoms in total. The summed E-state index contributed by atoms with van der Waals surface area (Å²) in [5.74, 6) is 0. The van der Waals surface area contributed by atoms with Crippen LogP contribution < -0.4 is 10.6 Å². The minimum atomic E-state index is 0.490. The van der Waals surface area contributed by atoms with Crippen molar-refractivity contribution in [2.24, 2.45) is 0 Å². The van der Waals surface area contributed by atoms with E-state index in [0.29, 0.717) is 6.10 Å². The molecule has 2 aliphatic rings. The third-order valence-corrected chi connectivity index (χ3v) is 5.58. The second-order valence-corrected chi connectivity index (χ2v) is 7.93. The van der Waals surface area contributed by atoms with Crippen LogP contribution in [0.25, 0.3) is 0 Å². The molecule has 0 radical (unpaired) electrons. The Morgan fingerprint density at radius 1 is 1.08 bits per heavy atom. The second-order valence-electron chi connectivity index (χ2n) is 7.93. The lowest BCUT2D eigenvalue weighted by Crippen LogP contribution is -2.40. The van der Waals surface area contributed by atoms with Gasteiger partial charge in [-0.3, -0.25) is 0 Å². The summed E-state index contributed by atoms with van der Waals surface area (Å²) in [5, 5.41) is 7.12. The van der Waals surface area contributed by atoms with Gasteiger partial charge in [0.05, 0.1) is 6.10 Å². The molecule has 0 aromatic carbocycles. The quantitative estimate of drug-likeness (QED) is 0.429. The van der Waals surface area contributed by atoms with E-state index in [1.54, 1.807) is 5.57 Å². The largest absolute Gasteiger partial charge is 0.387 e. The molecule has 1 saturated heterocycles. The van der Waals surface area contributed by atoms with Crippen LogP contribution in [-0.2, 0) is 4.74 Å². The van der Waals surface area contributed by atoms with Gasteiger partial charge in [-0.25, -0.2) is 0 Å². The summed E-state index contributed by atoms with van der Waals surface area (Å²) >= 11 is 0. The minimum absolute atomic E-state index is 0.490. The molecule has 2 rings (SSSR count). The van der Waals surface area contributed by atoms with E-state index in [1.165, 1.54) is 83.0 Å². The number of likely N-dealkylation sites (N-methyl/N-ethyl adjacent to an activating group) is 1. The molecule has 1 heterocycles. The molecule has 0 bridgehead atoms. The third-order valence-electron chi connectivity index (χ3n) is 5.58. The Labute approximate surface area is 162 Å². The number of likely N-dealkylation sites (tertiary alicyclic amines) is 1. The number of rotatable bonds is 15. The highest BCUT2D eigenvalue weighted by Crippen LogP contribution is 2.30. The number of ether oxygens (including phenoxy) is 1. The standard InChI is InChI=1S/C22H43N3O/c1-3-23-18-22(20-13-14-20)24-15-9-7-5-6-8-10-16-25-17-11-12-21(19-25)26-4-2/h21,23-24H,3-19H2,1-2H3. The summed E-state index contributed by atoms with van der Waals surface area (Å²) in [7, 11) is 0. The van der Waals surface area contributed by atoms with Gasteiger partial charge in [-0.05, 0) is 70.7 Å². The van der Waals surface area contributed by atoms with Crippen molar-refractivity contribution >= 4 is 0 Å². The summed E-state index contributed by atoms with van der Waals surface area (Å²) in [6.45, 7) is 12.1. The zero-order valence-corrected chi connectivity index (χ0v) is 17.5. The maximum atomic E-state index is 5.80. The van der Waals surface area contributed by atoms with Gasteiger partial charge in [-0.1, -0.05) is 32.6 Å². The van der Waals surface area contributed by atoms with Crippen LogP contribution in [0.1, 0.15) is 78.1 Å². The van der Waals surface area contributed by atoms with Gasteiger partial charge in [-0.15, -0.1) is 0 Å². The highest BCUT2D eigenvalue weighted by molar-refractivity contribution is 5.24. The van der Waals surface area contributed by atoms with E-state index in [2.05, 4.69) is 29.4 Å². The van der Waals surface area contributed by atoms with Crippen molar-refractivity contribution in [2.75, 3.05) is 45.9 Å². The Balaban J connectivity index is 1.40. The summed E-state index contributed by atoms with van der Waals surface area (Å²) in [4.78, 5) is 2.62. The van der Waals surface area contributed by atoms with Gasteiger partial charge in [0.25, 0.3) is 0 Å². The molecule has 1 saturated carbocycles. The van der Waals surface area contributed by atoms with Crippen LogP contribution in [0.5, 0.6) is 0 Å². The number of nitrogens with zero attached hydrogens (tertiary/aromatic N) is 1. The van der Waals surface area contributed by atoms with E-state index >= 15 is 0 Å². The second kappa shape index (κ2) is 13.6. The molecule has 26 heavy (non-hydrogen) atoms. The van der Waals surface area contributed by atoms with Crippen molar-refractivity contribution in [1.82, 2.24) is 15.5 Å². The predicted octanol–water partition coefficient (Wildman–Crippen LogP) is 4.07. The molecular weight excluding hydrogens is 322 g/mol. The molecule has 4 heteroatoms. The summed E-state index contributed by atoms with van der Waals surface area (Å²) < 4.78 is 5.80. The van der Waals surface area contributed by atoms with Crippen LogP contribution >= 0.6 is 0 Å². The molecular formula is C22H43N3O. The number of nitrogens with one attached hydrogen (secondary N) is 2. The van der Waals surface area contributed by atoms with Crippen molar-refractivity contribution in [3.05, 3.63) is 11.3 Å². The van der Waals surface area contributed by atoms with E-state index in [0.717, 1.165) is 32.8 Å². The first-order chi connectivity index (χ1) is 12.8. The maximum absolute atomic E-state index is 5.80. The molecule has 0 amide bonds. The van der Waals surface area contributed by atoms with E-state index in [1.807, 2.05) is 0 Å². The Morgan fingerprint density at radius 2 is 1.85 bits per heavy atom. The minimum Gasteiger partial charge on any atom is -0.387 e. The van der Waals surface area contributed by atoms with Gasteiger partial charge in [0.2, 0.25) is 0 Å². The molecule has 2 fully saturated rings. The van der Waals surface area contributed by atoms with Gasteiger partial charge in [-0.2, -0.15) is 0 Å². The number of unbranched alkanes of at least 4 members (excludes halogenated alkanes) is 5. The lowest BCUT2D eigenvalue weighted by molar-refractivity contribution is 0.00558. The molecule has 152 valence electrons. The smallest absolute Gasteiger partial charge is 0.0702 e. The first kappa shape index (κ1) is 21.7. The fourth-order valence-corrected chi connectivity index (χ4v) is 3.92. The Kier molecular flexibility index (Phi) is 11.3. The van der Waals surface area contributed by atoms with Crippen molar-refractivity contribution in [2.45, 2.75) is 84.2 Å². The first-order valence-electron chi connectivity index (χ1n) is 11.3. The zero-order valence-electron chi connectivity index (χ0n) is 17.5. The van der Waals surface area contributed by atoms with Crippen molar-refractivity contribution in [3.63, 3.8) is 0 Å². The SMILES string of the molecule is CCNCC(NCCCCCCCCN1CCCC(OCC)C1)=C1CC1. The van der Waals surface area contributed by atoms with E-state index in [-0.39, 0.29) is 0 Å². The van der Waals surface area contributed by atoms with Crippen LogP contribution in [0.4, 0.5) is 0 Å². The van der Waals surface area contributed by atoms with Crippen LogP contribution in [0, 0.1) is 0 Å². The average Bonchev–Trinajstić information content (AvgIpc) is 3.48. The summed E-state index contributed by atoms with van der Waals surface area (Å²) in [6.07, 6.45) is 13.9. The topological polar surface area (TPSA) is 36.5 Å². The molecule has 0 spiro atoms. The molecule has 0 aromatic heterocycles. The predicted molar refractivity (Wildman–Crippen MR) is 112 cm³/mol. The Hall–Kier alpha value is -0.580. The fraction of sp³-hybridized carbons (Fsp3) is 0.909. The normalized spacial score (nSPS) is 20.4. The first-order valence-corrected chi connectivity index (χ1v) is 11.3. The lowest BCUT2D eigenvalue weighted by Gasteiger charge is -2.32. The third kappa shape index (κ3) is 9.38. The maximum Gasteiger partial charge on any atom is 0.0702 e. The Bertz CT molecular complexity index is 389. The van der Waals surface area contributed by atoms with Crippen molar-refractivity contribution in [1.29, 1.82) is 0 Å². The summed E-state index contributed by atoms with van der Waals surface area (Å²) in [6, 6.07) is 0. The number of hydrogen-bond donors (Lipinski definition) is 2. The molecule has 1 aliphatic heterocycles. The highest BCUT2D eigenvalue weighted by Gasteiger charge is 2.19. The van der Waals surface area contributed by atoms with Crippen LogP contribution in [-0.4, -0.2) is 56.9 Å². The van der Waals surface area contributed by atoms with Crippen LogP contribution in [0.2, 0.25) is 0 Å². The molecule has 1 aliphatic carbocycles. The molecule has 1 atom stereocenters. The van der Waals surface area contributed by atoms with Gasteiger partial charge < -0.3 is 20.3 Å². The number of piperidine rings is 1. The highest BCUT2D eigenvalue weighted by atomic mass is 16.5. The van der Waals surface area contributed by atoms with Gasteiger partial charge in [0.15, 0.2) is 0 Å². The fourth-order valence-electron chi connectivity index (χ4n) is 3.92. The van der Waals surface area contributed by atoms with E-state index in [9.17, 15) is 0 Å². The monoisotopic (exact) mass is 365 g/mol. The van der Waals surface area contributed by atoms with Gasteiger partial charge in [0, 0.05) is 31.9 Å². The number of allylic oxidation sites excluding steroid dienone is 1. The van der Waals surface area contributed by atoms with Crippen LogP contribution in [0.3, 0.4) is 0 Å². The molecule has 0 aromatic rings. The molecule has 1 unspecified atom stereocenters. The number of hydrogen-bond acceptors (Lipinski definition) is 4. The van der Waals surface area contributed by atoms with Crippen LogP contribution in [0.15, 0.2) is 11.3 Å². The lowest BCUT2D eigenvalue weighted by atomic mass is 10.1.